The van der Waals surface area contributed by atoms with Crippen LogP contribution >= 0.6 is 0 Å². The average molecular weight is 526 g/mol. The molecule has 0 saturated carbocycles. The van der Waals surface area contributed by atoms with Gasteiger partial charge in [-0.25, -0.2) is 0 Å². The molecule has 3 aromatic carbocycles. The number of methoxy groups -OCH3 is 3. The summed E-state index contributed by atoms with van der Waals surface area (Å²) in [6.07, 6.45) is 0. The molecule has 0 saturated heterocycles. The van der Waals surface area contributed by atoms with Gasteiger partial charge in [0.05, 0.1) is 38.4 Å². The number of nitrogens with one attached hydrogen (secondary N) is 3. The van der Waals surface area contributed by atoms with Gasteiger partial charge in [-0.05, 0) is 50.2 Å². The predicted octanol–water partition coefficient (Wildman–Crippen LogP) is 5.92. The summed E-state index contributed by atoms with van der Waals surface area (Å²) in [4.78, 5) is 9.17. The molecule has 39 heavy (non-hydrogen) atoms. The lowest BCUT2D eigenvalue weighted by Gasteiger charge is -2.12. The van der Waals surface area contributed by atoms with Crippen molar-refractivity contribution in [1.29, 1.82) is 0 Å². The van der Waals surface area contributed by atoms with Crippen molar-refractivity contribution in [3.8, 4) is 17.2 Å². The third kappa shape index (κ3) is 7.22. The molecule has 3 N–H and O–H groups in total. The van der Waals surface area contributed by atoms with Crippen molar-refractivity contribution in [2.45, 2.75) is 13.8 Å². The number of benzene rings is 3. The summed E-state index contributed by atoms with van der Waals surface area (Å²) in [5.41, 5.74) is 10.1. The largest absolute Gasteiger partial charge is 0.497 e. The number of rotatable bonds is 11. The summed E-state index contributed by atoms with van der Waals surface area (Å²) in [5, 5.41) is 12.2. The van der Waals surface area contributed by atoms with Crippen LogP contribution in [0.1, 0.15) is 25.0 Å². The maximum atomic E-state index is 5.46. The van der Waals surface area contributed by atoms with Gasteiger partial charge in [-0.2, -0.15) is 20.2 Å². The van der Waals surface area contributed by atoms with E-state index in [1.807, 2.05) is 86.6 Å². The molecule has 0 unspecified atom stereocenters. The van der Waals surface area contributed by atoms with Crippen molar-refractivity contribution >= 4 is 34.7 Å². The Kier molecular flexibility index (Phi) is 8.91. The Bertz CT molecular complexity index is 1400. The minimum absolute atomic E-state index is 0.329. The van der Waals surface area contributed by atoms with Crippen LogP contribution < -0.4 is 30.4 Å². The number of hydrogen-bond donors (Lipinski definition) is 3. The fraction of sp³-hybridized carbons (Fsp3) is 0.172. The van der Waals surface area contributed by atoms with E-state index >= 15 is 0 Å². The second-order valence-electron chi connectivity index (χ2n) is 8.37. The molecule has 0 bridgehead atoms. The molecule has 0 aliphatic rings. The quantitative estimate of drug-likeness (QED) is 0.163. The summed E-state index contributed by atoms with van der Waals surface area (Å²) >= 11 is 0. The van der Waals surface area contributed by atoms with Crippen molar-refractivity contribution in [3.63, 3.8) is 0 Å². The van der Waals surface area contributed by atoms with Crippen LogP contribution in [0, 0.1) is 0 Å². The number of ether oxygens (including phenoxy) is 3. The van der Waals surface area contributed by atoms with Gasteiger partial charge in [0.25, 0.3) is 0 Å². The average Bonchev–Trinajstić information content (AvgIpc) is 2.98. The van der Waals surface area contributed by atoms with E-state index in [1.165, 1.54) is 0 Å². The molecular formula is C29H31N7O3. The van der Waals surface area contributed by atoms with E-state index < -0.39 is 0 Å². The van der Waals surface area contributed by atoms with Gasteiger partial charge in [0.15, 0.2) is 11.6 Å². The molecule has 200 valence electrons. The van der Waals surface area contributed by atoms with Crippen molar-refractivity contribution < 1.29 is 14.2 Å². The number of hydrazone groups is 2. The summed E-state index contributed by atoms with van der Waals surface area (Å²) in [6, 6.07) is 24.6. The van der Waals surface area contributed by atoms with E-state index in [0.717, 1.165) is 39.7 Å². The number of nitrogens with zero attached hydrogens (tertiary/aromatic N) is 4. The molecule has 4 aromatic rings. The van der Waals surface area contributed by atoms with Gasteiger partial charge in [-0.1, -0.05) is 36.4 Å². The number of para-hydroxylation sites is 2. The highest BCUT2D eigenvalue weighted by Crippen LogP contribution is 2.27. The Balaban J connectivity index is 1.63. The zero-order chi connectivity index (χ0) is 27.6. The standard InChI is InChI=1S/C29H31N7O3/c1-19(21-10-8-12-23(16-21)37-3)33-35-27-18-28(36-34-20(2)22-11-9-13-24(17-22)38-4)32-29(31-27)30-25-14-6-7-15-26(25)39-5/h6-18H,1-5H3,(H3,30,31,32,35,36). The summed E-state index contributed by atoms with van der Waals surface area (Å²) in [7, 11) is 4.88. The fourth-order valence-electron chi connectivity index (χ4n) is 3.59. The lowest BCUT2D eigenvalue weighted by atomic mass is 10.1. The molecular weight excluding hydrogens is 494 g/mol. The first-order chi connectivity index (χ1) is 19.0. The van der Waals surface area contributed by atoms with Gasteiger partial charge in [0.1, 0.15) is 17.2 Å². The molecule has 0 amide bonds. The van der Waals surface area contributed by atoms with E-state index in [2.05, 4.69) is 36.3 Å². The zero-order valence-electron chi connectivity index (χ0n) is 22.5. The van der Waals surface area contributed by atoms with E-state index in [-0.39, 0.29) is 0 Å². The topological polar surface area (TPSA) is 114 Å². The van der Waals surface area contributed by atoms with Crippen molar-refractivity contribution in [3.05, 3.63) is 90.0 Å². The fourth-order valence-corrected chi connectivity index (χ4v) is 3.59. The van der Waals surface area contributed by atoms with Gasteiger partial charge in [-0.3, -0.25) is 10.9 Å². The lowest BCUT2D eigenvalue weighted by molar-refractivity contribution is 0.414. The van der Waals surface area contributed by atoms with E-state index in [1.54, 1.807) is 27.4 Å². The van der Waals surface area contributed by atoms with Crippen LogP contribution in [0.4, 0.5) is 23.3 Å². The highest BCUT2D eigenvalue weighted by Gasteiger charge is 2.09. The zero-order valence-corrected chi connectivity index (χ0v) is 22.5. The molecule has 0 fully saturated rings. The second-order valence-corrected chi connectivity index (χ2v) is 8.37. The normalized spacial score (nSPS) is 11.5. The van der Waals surface area contributed by atoms with Crippen molar-refractivity contribution in [2.75, 3.05) is 37.5 Å². The molecule has 1 aromatic heterocycles. The van der Waals surface area contributed by atoms with Crippen LogP contribution in [0.15, 0.2) is 89.1 Å². The predicted molar refractivity (Wildman–Crippen MR) is 156 cm³/mol. The number of anilines is 4. The van der Waals surface area contributed by atoms with Crippen LogP contribution in [-0.2, 0) is 0 Å². The highest BCUT2D eigenvalue weighted by molar-refractivity contribution is 6.00. The van der Waals surface area contributed by atoms with Crippen LogP contribution in [0.2, 0.25) is 0 Å². The van der Waals surface area contributed by atoms with Gasteiger partial charge in [0.2, 0.25) is 5.95 Å². The van der Waals surface area contributed by atoms with Crippen LogP contribution in [-0.4, -0.2) is 42.7 Å². The molecule has 4 rings (SSSR count). The van der Waals surface area contributed by atoms with Gasteiger partial charge in [-0.15, -0.1) is 0 Å². The van der Waals surface area contributed by atoms with Gasteiger partial charge < -0.3 is 19.5 Å². The smallest absolute Gasteiger partial charge is 0.231 e. The molecule has 10 nitrogen and oxygen atoms in total. The van der Waals surface area contributed by atoms with Crippen LogP contribution in [0.5, 0.6) is 17.2 Å². The minimum Gasteiger partial charge on any atom is -0.497 e. The van der Waals surface area contributed by atoms with Gasteiger partial charge in [0, 0.05) is 17.2 Å². The van der Waals surface area contributed by atoms with Crippen LogP contribution in [0.3, 0.4) is 0 Å². The SMILES string of the molecule is COc1cccc(C(C)=NNc2cc(NN=C(C)c3cccc(OC)c3)nc(Nc3ccccc3OC)n2)c1. The number of hydrogen-bond acceptors (Lipinski definition) is 10. The molecule has 10 heteroatoms. The Morgan fingerprint density at radius 3 is 1.69 bits per heavy atom. The molecule has 1 heterocycles. The first-order valence-electron chi connectivity index (χ1n) is 12.2. The van der Waals surface area contributed by atoms with E-state index in [0.29, 0.717) is 23.3 Å². The Hall–Kier alpha value is -5.12. The van der Waals surface area contributed by atoms with E-state index in [4.69, 9.17) is 14.2 Å². The maximum absolute atomic E-state index is 5.46. The number of aromatic nitrogens is 2. The van der Waals surface area contributed by atoms with Crippen molar-refractivity contribution in [1.82, 2.24) is 9.97 Å². The minimum atomic E-state index is 0.329. The Morgan fingerprint density at radius 1 is 0.641 bits per heavy atom. The molecule has 0 aliphatic heterocycles. The summed E-state index contributed by atoms with van der Waals surface area (Å²) in [5.74, 6) is 3.41. The van der Waals surface area contributed by atoms with E-state index in [9.17, 15) is 0 Å². The first kappa shape index (κ1) is 26.9. The third-order valence-corrected chi connectivity index (χ3v) is 5.73. The molecule has 0 spiro atoms. The second kappa shape index (κ2) is 12.9. The Morgan fingerprint density at radius 2 is 1.18 bits per heavy atom. The maximum Gasteiger partial charge on any atom is 0.231 e. The van der Waals surface area contributed by atoms with Crippen LogP contribution in [0.25, 0.3) is 0 Å². The van der Waals surface area contributed by atoms with Crippen molar-refractivity contribution in [2.24, 2.45) is 10.2 Å². The molecule has 0 radical (unpaired) electrons. The summed E-state index contributed by atoms with van der Waals surface area (Å²) < 4.78 is 16.1. The lowest BCUT2D eigenvalue weighted by Crippen LogP contribution is -2.07. The third-order valence-electron chi connectivity index (χ3n) is 5.73. The highest BCUT2D eigenvalue weighted by atomic mass is 16.5. The Labute approximate surface area is 227 Å². The monoisotopic (exact) mass is 525 g/mol. The summed E-state index contributed by atoms with van der Waals surface area (Å²) in [6.45, 7) is 3.80. The first-order valence-corrected chi connectivity index (χ1v) is 12.2. The molecule has 0 atom stereocenters. The molecule has 0 aliphatic carbocycles. The van der Waals surface area contributed by atoms with Gasteiger partial charge >= 0.3 is 0 Å².